The number of fused-ring (bicyclic) bond motifs is 1. The number of anilines is 1. The number of nitrogens with one attached hydrogen (secondary N) is 1. The van der Waals surface area contributed by atoms with E-state index in [-0.39, 0.29) is 11.9 Å². The van der Waals surface area contributed by atoms with Gasteiger partial charge in [-0.3, -0.25) is 4.79 Å². The van der Waals surface area contributed by atoms with Gasteiger partial charge in [-0.1, -0.05) is 19.1 Å². The van der Waals surface area contributed by atoms with E-state index in [0.29, 0.717) is 0 Å². The number of rotatable bonds is 5. The lowest BCUT2D eigenvalue weighted by molar-refractivity contribution is 0.0939. The molecule has 1 atom stereocenters. The van der Waals surface area contributed by atoms with Crippen LogP contribution >= 0.6 is 0 Å². The molecule has 5 heteroatoms. The summed E-state index contributed by atoms with van der Waals surface area (Å²) in [4.78, 5) is 14.5. The monoisotopic (exact) mass is 326 g/mol. The van der Waals surface area contributed by atoms with Crippen LogP contribution in [0.2, 0.25) is 0 Å². The van der Waals surface area contributed by atoms with Gasteiger partial charge in [0.05, 0.1) is 5.69 Å². The van der Waals surface area contributed by atoms with E-state index in [2.05, 4.69) is 33.0 Å². The molecular formula is C19H26N4O. The number of benzene rings is 1. The smallest absolute Gasteiger partial charge is 0.251 e. The molecule has 24 heavy (non-hydrogen) atoms. The number of hydrogen-bond acceptors (Lipinski definition) is 3. The minimum absolute atomic E-state index is 0.00238. The highest BCUT2D eigenvalue weighted by atomic mass is 16.1. The van der Waals surface area contributed by atoms with E-state index in [1.165, 1.54) is 11.4 Å². The maximum Gasteiger partial charge on any atom is 0.251 e. The van der Waals surface area contributed by atoms with E-state index in [9.17, 15) is 4.79 Å². The number of hydrogen-bond donors (Lipinski definition) is 1. The molecule has 0 spiro atoms. The van der Waals surface area contributed by atoms with E-state index in [4.69, 9.17) is 0 Å². The first-order valence-corrected chi connectivity index (χ1v) is 8.76. The third kappa shape index (κ3) is 3.61. The molecule has 0 fully saturated rings. The van der Waals surface area contributed by atoms with Crippen molar-refractivity contribution in [2.24, 2.45) is 0 Å². The SMILES string of the molecule is CC[C@@H](C)NC(=O)c1ccc(CN2CCCn3nc(C)cc32)cc1. The van der Waals surface area contributed by atoms with Crippen molar-refractivity contribution < 1.29 is 4.79 Å². The van der Waals surface area contributed by atoms with Gasteiger partial charge in [-0.05, 0) is 44.4 Å². The molecule has 2 heterocycles. The predicted molar refractivity (Wildman–Crippen MR) is 96.3 cm³/mol. The second-order valence-corrected chi connectivity index (χ2v) is 6.62. The molecule has 2 aromatic rings. The molecule has 128 valence electrons. The fourth-order valence-corrected chi connectivity index (χ4v) is 3.03. The fraction of sp³-hybridized carbons (Fsp3) is 0.474. The highest BCUT2D eigenvalue weighted by Crippen LogP contribution is 2.23. The topological polar surface area (TPSA) is 50.2 Å². The van der Waals surface area contributed by atoms with Gasteiger partial charge in [0.15, 0.2) is 0 Å². The van der Waals surface area contributed by atoms with E-state index in [1.54, 1.807) is 0 Å². The zero-order valence-electron chi connectivity index (χ0n) is 14.7. The molecule has 0 aliphatic carbocycles. The summed E-state index contributed by atoms with van der Waals surface area (Å²) in [7, 11) is 0. The van der Waals surface area contributed by atoms with Crippen LogP contribution in [-0.4, -0.2) is 28.3 Å². The number of carbonyl (C=O) groups is 1. The number of aromatic nitrogens is 2. The van der Waals surface area contributed by atoms with E-state index < -0.39 is 0 Å². The summed E-state index contributed by atoms with van der Waals surface area (Å²) in [6, 6.07) is 10.3. The van der Waals surface area contributed by atoms with Crippen LogP contribution in [0.3, 0.4) is 0 Å². The summed E-state index contributed by atoms with van der Waals surface area (Å²) in [6.07, 6.45) is 2.05. The highest BCUT2D eigenvalue weighted by molar-refractivity contribution is 5.94. The molecule has 1 aliphatic heterocycles. The first-order valence-electron chi connectivity index (χ1n) is 8.76. The Kier molecular flexibility index (Phi) is 4.88. The van der Waals surface area contributed by atoms with E-state index in [0.717, 1.165) is 43.7 Å². The Hall–Kier alpha value is -2.30. The van der Waals surface area contributed by atoms with Gasteiger partial charge in [-0.2, -0.15) is 5.10 Å². The summed E-state index contributed by atoms with van der Waals surface area (Å²) < 4.78 is 2.09. The van der Waals surface area contributed by atoms with Crippen LogP contribution in [0.1, 0.15) is 48.3 Å². The van der Waals surface area contributed by atoms with Gasteiger partial charge in [-0.15, -0.1) is 0 Å². The largest absolute Gasteiger partial charge is 0.352 e. The maximum absolute atomic E-state index is 12.1. The van der Waals surface area contributed by atoms with Gasteiger partial charge in [0.25, 0.3) is 5.91 Å². The molecule has 0 saturated heterocycles. The summed E-state index contributed by atoms with van der Waals surface area (Å²) >= 11 is 0. The van der Waals surface area contributed by atoms with Crippen molar-refractivity contribution in [3.05, 3.63) is 47.2 Å². The summed E-state index contributed by atoms with van der Waals surface area (Å²) in [5.74, 6) is 1.19. The predicted octanol–water partition coefficient (Wildman–Crippen LogP) is 3.13. The molecule has 1 amide bonds. The van der Waals surface area contributed by atoms with Gasteiger partial charge < -0.3 is 10.2 Å². The van der Waals surface area contributed by atoms with Gasteiger partial charge in [0, 0.05) is 37.3 Å². The summed E-state index contributed by atoms with van der Waals surface area (Å²) in [6.45, 7) is 9.01. The lowest BCUT2D eigenvalue weighted by Crippen LogP contribution is -2.32. The van der Waals surface area contributed by atoms with Crippen molar-refractivity contribution in [3.8, 4) is 0 Å². The molecule has 1 aliphatic rings. The van der Waals surface area contributed by atoms with Crippen molar-refractivity contribution in [2.45, 2.75) is 52.7 Å². The minimum Gasteiger partial charge on any atom is -0.352 e. The second-order valence-electron chi connectivity index (χ2n) is 6.62. The van der Waals surface area contributed by atoms with Crippen LogP contribution in [-0.2, 0) is 13.1 Å². The Balaban J connectivity index is 1.68. The molecule has 0 unspecified atom stereocenters. The molecule has 0 radical (unpaired) electrons. The lowest BCUT2D eigenvalue weighted by Gasteiger charge is -2.29. The molecule has 1 aromatic heterocycles. The Morgan fingerprint density at radius 2 is 2.04 bits per heavy atom. The second kappa shape index (κ2) is 7.07. The average molecular weight is 326 g/mol. The van der Waals surface area contributed by atoms with Gasteiger partial charge in [0.2, 0.25) is 0 Å². The van der Waals surface area contributed by atoms with E-state index >= 15 is 0 Å². The van der Waals surface area contributed by atoms with Crippen molar-refractivity contribution in [3.63, 3.8) is 0 Å². The number of aryl methyl sites for hydroxylation is 2. The molecule has 0 saturated carbocycles. The third-order valence-electron chi connectivity index (χ3n) is 4.58. The first kappa shape index (κ1) is 16.6. The van der Waals surface area contributed by atoms with Crippen molar-refractivity contribution in [1.29, 1.82) is 0 Å². The van der Waals surface area contributed by atoms with Gasteiger partial charge >= 0.3 is 0 Å². The van der Waals surface area contributed by atoms with Crippen LogP contribution in [0.25, 0.3) is 0 Å². The normalized spacial score (nSPS) is 15.0. The Morgan fingerprint density at radius 3 is 2.75 bits per heavy atom. The zero-order chi connectivity index (χ0) is 17.1. The van der Waals surface area contributed by atoms with Crippen LogP contribution in [0.5, 0.6) is 0 Å². The third-order valence-corrected chi connectivity index (χ3v) is 4.58. The Labute approximate surface area is 143 Å². The lowest BCUT2D eigenvalue weighted by atomic mass is 10.1. The number of carbonyl (C=O) groups excluding carboxylic acids is 1. The molecular weight excluding hydrogens is 300 g/mol. The van der Waals surface area contributed by atoms with Crippen LogP contribution in [0.15, 0.2) is 30.3 Å². The van der Waals surface area contributed by atoms with Gasteiger partial charge in [0.1, 0.15) is 5.82 Å². The van der Waals surface area contributed by atoms with Crippen molar-refractivity contribution in [1.82, 2.24) is 15.1 Å². The average Bonchev–Trinajstić information content (AvgIpc) is 2.96. The molecule has 5 nitrogen and oxygen atoms in total. The van der Waals surface area contributed by atoms with Crippen LogP contribution in [0, 0.1) is 6.92 Å². The fourth-order valence-electron chi connectivity index (χ4n) is 3.03. The standard InChI is InChI=1S/C19H26N4O/c1-4-14(2)20-19(24)17-8-6-16(7-9-17)13-22-10-5-11-23-18(22)12-15(3)21-23/h6-9,12,14H,4-5,10-11,13H2,1-3H3,(H,20,24)/t14-/m1/s1. The van der Waals surface area contributed by atoms with Crippen molar-refractivity contribution >= 4 is 11.7 Å². The van der Waals surface area contributed by atoms with Crippen LogP contribution < -0.4 is 10.2 Å². The zero-order valence-corrected chi connectivity index (χ0v) is 14.7. The summed E-state index contributed by atoms with van der Waals surface area (Å²) in [5, 5.41) is 7.54. The molecule has 1 aromatic carbocycles. The minimum atomic E-state index is 0.00238. The molecule has 1 N–H and O–H groups in total. The van der Waals surface area contributed by atoms with Gasteiger partial charge in [-0.25, -0.2) is 4.68 Å². The van der Waals surface area contributed by atoms with E-state index in [1.807, 2.05) is 38.1 Å². The highest BCUT2D eigenvalue weighted by Gasteiger charge is 2.18. The Bertz CT molecular complexity index is 705. The summed E-state index contributed by atoms with van der Waals surface area (Å²) in [5.41, 5.74) is 3.00. The first-order chi connectivity index (χ1) is 11.6. The molecule has 0 bridgehead atoms. The quantitative estimate of drug-likeness (QED) is 0.918. The van der Waals surface area contributed by atoms with Crippen LogP contribution in [0.4, 0.5) is 5.82 Å². The van der Waals surface area contributed by atoms with Crippen molar-refractivity contribution in [2.75, 3.05) is 11.4 Å². The Morgan fingerprint density at radius 1 is 1.29 bits per heavy atom. The number of amides is 1. The maximum atomic E-state index is 12.1. The molecule has 3 rings (SSSR count). The number of nitrogens with zero attached hydrogens (tertiary/aromatic N) is 3.